The van der Waals surface area contributed by atoms with Crippen LogP contribution in [0.3, 0.4) is 0 Å². The van der Waals surface area contributed by atoms with Gasteiger partial charge in [0.15, 0.2) is 0 Å². The molecule has 2 aromatic rings. The average molecular weight is 328 g/mol. The number of hydrogen-bond donors (Lipinski definition) is 1. The number of hydrogen-bond acceptors (Lipinski definition) is 3. The van der Waals surface area contributed by atoms with Gasteiger partial charge in [0.05, 0.1) is 18.0 Å². The summed E-state index contributed by atoms with van der Waals surface area (Å²) in [4.78, 5) is 15.7. The molecule has 0 aromatic heterocycles. The van der Waals surface area contributed by atoms with E-state index in [1.165, 1.54) is 0 Å². The summed E-state index contributed by atoms with van der Waals surface area (Å²) in [7, 11) is 0. The molecule has 1 heterocycles. The third-order valence-corrected chi connectivity index (χ3v) is 4.75. The second-order valence-electron chi connectivity index (χ2n) is 5.37. The van der Waals surface area contributed by atoms with Crippen LogP contribution in [0.1, 0.15) is 13.8 Å². The van der Waals surface area contributed by atoms with Crippen LogP contribution in [0.5, 0.6) is 5.75 Å². The van der Waals surface area contributed by atoms with Crippen molar-refractivity contribution in [3.63, 3.8) is 0 Å². The van der Waals surface area contributed by atoms with E-state index < -0.39 is 0 Å². The number of benzene rings is 2. The van der Waals surface area contributed by atoms with Crippen molar-refractivity contribution in [2.45, 2.75) is 24.0 Å². The maximum Gasteiger partial charge on any atom is 0.326 e. The van der Waals surface area contributed by atoms with Gasteiger partial charge in [-0.05, 0) is 31.2 Å². The fourth-order valence-electron chi connectivity index (χ4n) is 2.62. The first-order valence-electron chi connectivity index (χ1n) is 7.75. The van der Waals surface area contributed by atoms with Crippen molar-refractivity contribution < 1.29 is 9.53 Å². The number of nitrogens with zero attached hydrogens (tertiary/aromatic N) is 1. The number of nitrogens with one attached hydrogen (secondary N) is 1. The topological polar surface area (TPSA) is 41.6 Å². The normalized spacial score (nSPS) is 16.6. The van der Waals surface area contributed by atoms with E-state index in [1.54, 1.807) is 16.7 Å². The Labute approximate surface area is 140 Å². The number of ether oxygens (including phenoxy) is 1. The first kappa shape index (κ1) is 15.7. The van der Waals surface area contributed by atoms with Crippen LogP contribution < -0.4 is 15.0 Å². The van der Waals surface area contributed by atoms with E-state index >= 15 is 0 Å². The Balaban J connectivity index is 1.84. The minimum atomic E-state index is -0.128. The zero-order chi connectivity index (χ0) is 16.2. The van der Waals surface area contributed by atoms with E-state index in [1.807, 2.05) is 49.4 Å². The van der Waals surface area contributed by atoms with Crippen LogP contribution in [0.4, 0.5) is 16.2 Å². The van der Waals surface area contributed by atoms with Crippen LogP contribution in [0.15, 0.2) is 53.4 Å². The Kier molecular flexibility index (Phi) is 4.76. The maximum absolute atomic E-state index is 12.8. The molecule has 23 heavy (non-hydrogen) atoms. The van der Waals surface area contributed by atoms with Crippen molar-refractivity contribution in [1.82, 2.24) is 0 Å². The first-order chi connectivity index (χ1) is 11.2. The third kappa shape index (κ3) is 3.45. The smallest absolute Gasteiger partial charge is 0.326 e. The Bertz CT molecular complexity index is 705. The third-order valence-electron chi connectivity index (χ3n) is 3.60. The molecule has 0 bridgehead atoms. The Hall–Kier alpha value is -2.14. The van der Waals surface area contributed by atoms with Crippen molar-refractivity contribution in [2.75, 3.05) is 23.4 Å². The van der Waals surface area contributed by atoms with Crippen LogP contribution in [-0.4, -0.2) is 24.4 Å². The molecular formula is C18H20N2O2S. The molecule has 1 aliphatic heterocycles. The Morgan fingerprint density at radius 2 is 2.00 bits per heavy atom. The molecule has 0 saturated heterocycles. The zero-order valence-corrected chi connectivity index (χ0v) is 14.1. The van der Waals surface area contributed by atoms with Gasteiger partial charge in [0.2, 0.25) is 0 Å². The van der Waals surface area contributed by atoms with E-state index in [2.05, 4.69) is 18.3 Å². The summed E-state index contributed by atoms with van der Waals surface area (Å²) < 4.78 is 5.58. The summed E-state index contributed by atoms with van der Waals surface area (Å²) in [5.41, 5.74) is 1.66. The predicted molar refractivity (Wildman–Crippen MR) is 95.7 cm³/mol. The predicted octanol–water partition coefficient (Wildman–Crippen LogP) is 4.62. The number of fused-ring (bicyclic) bond motifs is 1. The molecule has 3 rings (SSSR count). The summed E-state index contributed by atoms with van der Waals surface area (Å²) in [6, 6.07) is 15.4. The van der Waals surface area contributed by atoms with Crippen LogP contribution in [0, 0.1) is 0 Å². The van der Waals surface area contributed by atoms with Gasteiger partial charge in [0.25, 0.3) is 0 Å². The number of carbonyl (C=O) groups excluding carboxylic acids is 1. The molecule has 2 amide bonds. The van der Waals surface area contributed by atoms with Crippen LogP contribution in [0.25, 0.3) is 0 Å². The lowest BCUT2D eigenvalue weighted by Crippen LogP contribution is -2.41. The summed E-state index contributed by atoms with van der Waals surface area (Å²) >= 11 is 1.80. The number of carbonyl (C=O) groups is 1. The molecule has 0 spiro atoms. The number of thioether (sulfide) groups is 1. The molecule has 5 heteroatoms. The van der Waals surface area contributed by atoms with Crippen molar-refractivity contribution >= 4 is 29.2 Å². The lowest BCUT2D eigenvalue weighted by Gasteiger charge is -2.32. The van der Waals surface area contributed by atoms with E-state index in [-0.39, 0.29) is 6.03 Å². The summed E-state index contributed by atoms with van der Waals surface area (Å²) in [5, 5.41) is 3.34. The van der Waals surface area contributed by atoms with Gasteiger partial charge in [-0.25, -0.2) is 4.79 Å². The number of amides is 2. The minimum absolute atomic E-state index is 0.128. The molecule has 0 fully saturated rings. The van der Waals surface area contributed by atoms with Gasteiger partial charge in [0, 0.05) is 16.7 Å². The number of anilines is 2. The number of para-hydroxylation sites is 3. The minimum Gasteiger partial charge on any atom is -0.492 e. The standard InChI is InChI=1S/C18H20N2O2S/c1-3-22-16-10-6-4-8-14(16)19-18(21)20-12-13(2)23-17-11-7-5-9-15(17)20/h4-11,13H,3,12H2,1-2H3,(H,19,21)/t13-/m0/s1. The lowest BCUT2D eigenvalue weighted by molar-refractivity contribution is 0.256. The quantitative estimate of drug-likeness (QED) is 0.894. The van der Waals surface area contributed by atoms with E-state index in [9.17, 15) is 4.79 Å². The Morgan fingerprint density at radius 1 is 1.26 bits per heavy atom. The van der Waals surface area contributed by atoms with E-state index in [0.29, 0.717) is 29.8 Å². The number of urea groups is 1. The van der Waals surface area contributed by atoms with Gasteiger partial charge < -0.3 is 10.1 Å². The van der Waals surface area contributed by atoms with Crippen molar-refractivity contribution in [3.8, 4) is 5.75 Å². The van der Waals surface area contributed by atoms with Crippen molar-refractivity contribution in [2.24, 2.45) is 0 Å². The van der Waals surface area contributed by atoms with E-state index in [0.717, 1.165) is 10.6 Å². The van der Waals surface area contributed by atoms with Gasteiger partial charge >= 0.3 is 6.03 Å². The molecule has 1 aliphatic rings. The monoisotopic (exact) mass is 328 g/mol. The maximum atomic E-state index is 12.8. The second kappa shape index (κ2) is 6.96. The Morgan fingerprint density at radius 3 is 2.83 bits per heavy atom. The highest BCUT2D eigenvalue weighted by atomic mass is 32.2. The van der Waals surface area contributed by atoms with Crippen molar-refractivity contribution in [3.05, 3.63) is 48.5 Å². The molecule has 1 N–H and O–H groups in total. The molecule has 0 unspecified atom stereocenters. The largest absolute Gasteiger partial charge is 0.492 e. The molecule has 0 radical (unpaired) electrons. The summed E-state index contributed by atoms with van der Waals surface area (Å²) in [6.07, 6.45) is 0. The summed E-state index contributed by atoms with van der Waals surface area (Å²) in [6.45, 7) is 5.31. The lowest BCUT2D eigenvalue weighted by atomic mass is 10.2. The highest BCUT2D eigenvalue weighted by Crippen LogP contribution is 2.38. The van der Waals surface area contributed by atoms with Gasteiger partial charge in [0.1, 0.15) is 5.75 Å². The highest BCUT2D eigenvalue weighted by molar-refractivity contribution is 8.00. The van der Waals surface area contributed by atoms with Crippen LogP contribution >= 0.6 is 11.8 Å². The molecule has 2 aromatic carbocycles. The first-order valence-corrected chi connectivity index (χ1v) is 8.63. The fraction of sp³-hybridized carbons (Fsp3) is 0.278. The molecular weight excluding hydrogens is 308 g/mol. The van der Waals surface area contributed by atoms with E-state index in [4.69, 9.17) is 4.74 Å². The number of rotatable bonds is 3. The average Bonchev–Trinajstić information content (AvgIpc) is 2.56. The van der Waals surface area contributed by atoms with Gasteiger partial charge in [-0.15, -0.1) is 11.8 Å². The second-order valence-corrected chi connectivity index (χ2v) is 6.85. The molecule has 120 valence electrons. The van der Waals surface area contributed by atoms with Gasteiger partial charge in [-0.2, -0.15) is 0 Å². The molecule has 0 aliphatic carbocycles. The molecule has 4 nitrogen and oxygen atoms in total. The van der Waals surface area contributed by atoms with Gasteiger partial charge in [-0.3, -0.25) is 4.90 Å². The summed E-state index contributed by atoms with van der Waals surface area (Å²) in [5.74, 6) is 0.691. The van der Waals surface area contributed by atoms with Crippen molar-refractivity contribution in [1.29, 1.82) is 0 Å². The highest BCUT2D eigenvalue weighted by Gasteiger charge is 2.27. The molecule has 0 saturated carbocycles. The SMILES string of the molecule is CCOc1ccccc1NC(=O)N1C[C@H](C)Sc2ccccc21. The van der Waals surface area contributed by atoms with Gasteiger partial charge in [-0.1, -0.05) is 31.2 Å². The van der Waals surface area contributed by atoms with Crippen LogP contribution in [0.2, 0.25) is 0 Å². The fourth-order valence-corrected chi connectivity index (χ4v) is 3.73. The van der Waals surface area contributed by atoms with Crippen LogP contribution in [-0.2, 0) is 0 Å². The zero-order valence-electron chi connectivity index (χ0n) is 13.3. The molecule has 1 atom stereocenters.